The van der Waals surface area contributed by atoms with Gasteiger partial charge in [-0.2, -0.15) is 0 Å². The Morgan fingerprint density at radius 3 is 2.59 bits per heavy atom. The molecule has 1 aromatic carbocycles. The van der Waals surface area contributed by atoms with Crippen LogP contribution in [0.4, 0.5) is 13.2 Å². The molecule has 5 heteroatoms. The average molecular weight is 245 g/mol. The van der Waals surface area contributed by atoms with Crippen molar-refractivity contribution in [3.05, 3.63) is 35.1 Å². The van der Waals surface area contributed by atoms with Crippen molar-refractivity contribution in [1.82, 2.24) is 5.32 Å². The molecule has 94 valence electrons. The number of benzene rings is 1. The largest absolute Gasteiger partial charge is 0.379 e. The molecule has 0 spiro atoms. The van der Waals surface area contributed by atoms with Gasteiger partial charge in [0.05, 0.1) is 6.61 Å². The molecule has 1 unspecified atom stereocenters. The Bertz CT molecular complexity index is 416. The van der Waals surface area contributed by atoms with E-state index in [1.165, 1.54) is 0 Å². The van der Waals surface area contributed by atoms with Gasteiger partial charge in [0.25, 0.3) is 0 Å². The van der Waals surface area contributed by atoms with Crippen LogP contribution < -0.4 is 5.32 Å². The van der Waals surface area contributed by atoms with Gasteiger partial charge in [0, 0.05) is 30.3 Å². The summed E-state index contributed by atoms with van der Waals surface area (Å²) in [6, 6.07) is 1.46. The Hall–Kier alpha value is -1.07. The van der Waals surface area contributed by atoms with E-state index in [2.05, 4.69) is 5.32 Å². The summed E-state index contributed by atoms with van der Waals surface area (Å²) in [6.07, 6.45) is 0.818. The molecular weight excluding hydrogens is 231 g/mol. The smallest absolute Gasteiger partial charge is 0.161 e. The lowest BCUT2D eigenvalue weighted by molar-refractivity contribution is 0.171. The Balaban J connectivity index is 2.06. The van der Waals surface area contributed by atoms with Gasteiger partial charge in [-0.15, -0.1) is 0 Å². The van der Waals surface area contributed by atoms with Gasteiger partial charge in [0.15, 0.2) is 11.6 Å². The Kier molecular flexibility index (Phi) is 3.40. The van der Waals surface area contributed by atoms with Crippen molar-refractivity contribution in [3.8, 4) is 0 Å². The van der Waals surface area contributed by atoms with Crippen LogP contribution in [0.2, 0.25) is 0 Å². The molecule has 0 radical (unpaired) electrons. The van der Waals surface area contributed by atoms with E-state index in [1.54, 1.807) is 0 Å². The highest BCUT2D eigenvalue weighted by atomic mass is 19.2. The molecule has 1 fully saturated rings. The van der Waals surface area contributed by atoms with E-state index in [0.717, 1.165) is 12.5 Å². The predicted octanol–water partition coefficient (Wildman–Crippen LogP) is 2.37. The van der Waals surface area contributed by atoms with Crippen LogP contribution in [-0.2, 0) is 11.3 Å². The summed E-state index contributed by atoms with van der Waals surface area (Å²) < 4.78 is 44.3. The second-order valence-corrected chi connectivity index (χ2v) is 4.57. The van der Waals surface area contributed by atoms with Crippen LogP contribution in [0, 0.1) is 17.5 Å². The molecule has 1 aliphatic rings. The van der Waals surface area contributed by atoms with Crippen molar-refractivity contribution in [2.24, 2.45) is 0 Å². The van der Waals surface area contributed by atoms with Crippen LogP contribution in [0.25, 0.3) is 0 Å². The molecule has 0 saturated carbocycles. The normalized spacial score (nSPS) is 24.2. The topological polar surface area (TPSA) is 21.3 Å². The third-order valence-electron chi connectivity index (χ3n) is 3.01. The van der Waals surface area contributed by atoms with Crippen LogP contribution in [0.1, 0.15) is 18.9 Å². The Morgan fingerprint density at radius 1 is 1.24 bits per heavy atom. The highest BCUT2D eigenvalue weighted by Gasteiger charge is 2.29. The minimum absolute atomic E-state index is 0.122. The summed E-state index contributed by atoms with van der Waals surface area (Å²) in [4.78, 5) is 0. The standard InChI is InChI=1S/C12H14F3NO/c1-12(2-3-17-7-12)16-6-8-4-10(14)11(15)5-9(8)13/h4-5,16H,2-3,6-7H2,1H3. The summed E-state index contributed by atoms with van der Waals surface area (Å²) in [6.45, 7) is 3.31. The molecule has 0 aliphatic carbocycles. The fourth-order valence-corrected chi connectivity index (χ4v) is 1.81. The van der Waals surface area contributed by atoms with Gasteiger partial charge in [-0.1, -0.05) is 0 Å². The van der Waals surface area contributed by atoms with Crippen LogP contribution in [0.5, 0.6) is 0 Å². The first kappa shape index (κ1) is 12.4. The molecular formula is C12H14F3NO. The van der Waals surface area contributed by atoms with E-state index in [-0.39, 0.29) is 17.6 Å². The van der Waals surface area contributed by atoms with Crippen molar-refractivity contribution >= 4 is 0 Å². The quantitative estimate of drug-likeness (QED) is 0.825. The van der Waals surface area contributed by atoms with Crippen LogP contribution in [0.15, 0.2) is 12.1 Å². The first-order valence-electron chi connectivity index (χ1n) is 5.46. The van der Waals surface area contributed by atoms with E-state index in [1.807, 2.05) is 6.92 Å². The minimum atomic E-state index is -1.17. The fraction of sp³-hybridized carbons (Fsp3) is 0.500. The molecule has 1 aromatic rings. The zero-order chi connectivity index (χ0) is 12.5. The number of rotatable bonds is 3. The van der Waals surface area contributed by atoms with E-state index >= 15 is 0 Å². The van der Waals surface area contributed by atoms with Crippen molar-refractivity contribution in [1.29, 1.82) is 0 Å². The van der Waals surface area contributed by atoms with Crippen molar-refractivity contribution in [2.45, 2.75) is 25.4 Å². The summed E-state index contributed by atoms with van der Waals surface area (Å²) in [5.74, 6) is -2.93. The van der Waals surface area contributed by atoms with Crippen LogP contribution >= 0.6 is 0 Å². The summed E-state index contributed by atoms with van der Waals surface area (Å²) >= 11 is 0. The van der Waals surface area contributed by atoms with E-state index in [9.17, 15) is 13.2 Å². The van der Waals surface area contributed by atoms with Gasteiger partial charge in [-0.3, -0.25) is 0 Å². The van der Waals surface area contributed by atoms with E-state index in [0.29, 0.717) is 19.3 Å². The van der Waals surface area contributed by atoms with Gasteiger partial charge in [-0.05, 0) is 19.4 Å². The first-order chi connectivity index (χ1) is 8.00. The maximum absolute atomic E-state index is 13.4. The molecule has 1 aliphatic heterocycles. The molecule has 17 heavy (non-hydrogen) atoms. The average Bonchev–Trinajstić information content (AvgIpc) is 2.69. The van der Waals surface area contributed by atoms with Gasteiger partial charge in [0.2, 0.25) is 0 Å². The zero-order valence-corrected chi connectivity index (χ0v) is 9.53. The lowest BCUT2D eigenvalue weighted by atomic mass is 10.0. The molecule has 2 rings (SSSR count). The van der Waals surface area contributed by atoms with E-state index < -0.39 is 17.5 Å². The molecule has 0 amide bonds. The number of ether oxygens (including phenoxy) is 1. The molecule has 0 aromatic heterocycles. The van der Waals surface area contributed by atoms with Gasteiger partial charge < -0.3 is 10.1 Å². The SMILES string of the molecule is CC1(NCc2cc(F)c(F)cc2F)CCOC1. The molecule has 1 atom stereocenters. The number of halogens is 3. The molecule has 0 bridgehead atoms. The highest BCUT2D eigenvalue weighted by molar-refractivity contribution is 5.20. The number of hydrogen-bond donors (Lipinski definition) is 1. The maximum atomic E-state index is 13.4. The third-order valence-corrected chi connectivity index (χ3v) is 3.01. The second kappa shape index (κ2) is 4.66. The zero-order valence-electron chi connectivity index (χ0n) is 9.53. The highest BCUT2D eigenvalue weighted by Crippen LogP contribution is 2.19. The van der Waals surface area contributed by atoms with Crippen LogP contribution in [0.3, 0.4) is 0 Å². The predicted molar refractivity (Wildman–Crippen MR) is 57.0 cm³/mol. The Labute approximate surface area is 97.8 Å². The lowest BCUT2D eigenvalue weighted by Gasteiger charge is -2.23. The number of nitrogens with one attached hydrogen (secondary N) is 1. The van der Waals surface area contributed by atoms with Crippen molar-refractivity contribution in [3.63, 3.8) is 0 Å². The van der Waals surface area contributed by atoms with Gasteiger partial charge >= 0.3 is 0 Å². The molecule has 1 heterocycles. The number of hydrogen-bond acceptors (Lipinski definition) is 2. The monoisotopic (exact) mass is 245 g/mol. The van der Waals surface area contributed by atoms with Crippen molar-refractivity contribution < 1.29 is 17.9 Å². The molecule has 1 N–H and O–H groups in total. The van der Waals surface area contributed by atoms with E-state index in [4.69, 9.17) is 4.74 Å². The molecule has 2 nitrogen and oxygen atoms in total. The fourth-order valence-electron chi connectivity index (χ4n) is 1.81. The van der Waals surface area contributed by atoms with Gasteiger partial charge in [-0.25, -0.2) is 13.2 Å². The maximum Gasteiger partial charge on any atom is 0.161 e. The Morgan fingerprint density at radius 2 is 1.94 bits per heavy atom. The second-order valence-electron chi connectivity index (χ2n) is 4.57. The van der Waals surface area contributed by atoms with Crippen molar-refractivity contribution in [2.75, 3.05) is 13.2 Å². The summed E-state index contributed by atoms with van der Waals surface area (Å²) in [5.41, 5.74) is -0.103. The van der Waals surface area contributed by atoms with Crippen LogP contribution in [-0.4, -0.2) is 18.8 Å². The molecule has 1 saturated heterocycles. The summed E-state index contributed by atoms with van der Waals surface area (Å²) in [5, 5.41) is 3.11. The minimum Gasteiger partial charge on any atom is -0.379 e. The van der Waals surface area contributed by atoms with Gasteiger partial charge in [0.1, 0.15) is 5.82 Å². The first-order valence-corrected chi connectivity index (χ1v) is 5.46. The lowest BCUT2D eigenvalue weighted by Crippen LogP contribution is -2.42. The third kappa shape index (κ3) is 2.79. The summed E-state index contributed by atoms with van der Waals surface area (Å²) in [7, 11) is 0.